The number of H-pyrrole nitrogens is 1. The zero-order chi connectivity index (χ0) is 28.9. The molecule has 2 atom stereocenters. The van der Waals surface area contributed by atoms with E-state index in [-0.39, 0.29) is 28.2 Å². The summed E-state index contributed by atoms with van der Waals surface area (Å²) >= 11 is 6.10. The van der Waals surface area contributed by atoms with Gasteiger partial charge in [-0.2, -0.15) is 13.5 Å². The highest BCUT2D eigenvalue weighted by Crippen LogP contribution is 2.44. The Morgan fingerprint density at radius 3 is 2.80 bits per heavy atom. The molecule has 0 aliphatic carbocycles. The molecule has 0 bridgehead atoms. The first-order valence-electron chi connectivity index (χ1n) is 12.5. The molecule has 3 aromatic heterocycles. The number of aromatic nitrogens is 7. The van der Waals surface area contributed by atoms with Crippen LogP contribution in [0.25, 0.3) is 22.5 Å². The lowest BCUT2D eigenvalue weighted by Gasteiger charge is -2.33. The lowest BCUT2D eigenvalue weighted by Crippen LogP contribution is -2.39. The predicted molar refractivity (Wildman–Crippen MR) is 140 cm³/mol. The SMILES string of the molecule is CC(F)(F)C(=O)Nc1cnccc1-c1cnc([C@@H]2CCC3CC(c4c(-n5cnnn5)ccc(Cl)c4F)=CC(=O)N32)[nH]1. The van der Waals surface area contributed by atoms with Crippen molar-refractivity contribution in [1.82, 2.24) is 40.1 Å². The predicted octanol–water partition coefficient (Wildman–Crippen LogP) is 4.35. The van der Waals surface area contributed by atoms with Gasteiger partial charge in [-0.25, -0.2) is 9.37 Å². The Bertz CT molecular complexity index is 1680. The van der Waals surface area contributed by atoms with Gasteiger partial charge in [0.2, 0.25) is 5.91 Å². The van der Waals surface area contributed by atoms with E-state index in [0.717, 1.165) is 0 Å². The summed E-state index contributed by atoms with van der Waals surface area (Å²) in [6, 6.07) is 3.92. The first-order valence-corrected chi connectivity index (χ1v) is 12.9. The molecule has 210 valence electrons. The van der Waals surface area contributed by atoms with E-state index < -0.39 is 23.7 Å². The molecule has 1 aromatic carbocycles. The van der Waals surface area contributed by atoms with Crippen molar-refractivity contribution < 1.29 is 22.8 Å². The zero-order valence-corrected chi connectivity index (χ0v) is 22.1. The molecule has 1 unspecified atom stereocenters. The summed E-state index contributed by atoms with van der Waals surface area (Å²) in [6.07, 6.45) is 8.55. The highest BCUT2D eigenvalue weighted by atomic mass is 35.5. The van der Waals surface area contributed by atoms with Gasteiger partial charge < -0.3 is 15.2 Å². The molecule has 11 nitrogen and oxygen atoms in total. The van der Waals surface area contributed by atoms with Gasteiger partial charge in [0.15, 0.2) is 5.82 Å². The van der Waals surface area contributed by atoms with Crippen molar-refractivity contribution in [3.05, 3.63) is 71.4 Å². The summed E-state index contributed by atoms with van der Waals surface area (Å²) < 4.78 is 43.6. The van der Waals surface area contributed by atoms with Gasteiger partial charge in [-0.15, -0.1) is 5.10 Å². The van der Waals surface area contributed by atoms with Gasteiger partial charge in [-0.05, 0) is 53.5 Å². The van der Waals surface area contributed by atoms with Gasteiger partial charge in [-0.1, -0.05) is 11.6 Å². The van der Waals surface area contributed by atoms with E-state index in [2.05, 4.69) is 35.8 Å². The Morgan fingerprint density at radius 1 is 1.22 bits per heavy atom. The minimum atomic E-state index is -3.58. The minimum absolute atomic E-state index is 0.0853. The van der Waals surface area contributed by atoms with E-state index in [1.54, 1.807) is 17.0 Å². The van der Waals surface area contributed by atoms with Crippen LogP contribution in [0, 0.1) is 5.82 Å². The Balaban J connectivity index is 1.29. The second-order valence-corrected chi connectivity index (χ2v) is 10.2. The number of pyridine rings is 1. The third-order valence-electron chi connectivity index (χ3n) is 7.17. The van der Waals surface area contributed by atoms with Crippen molar-refractivity contribution >= 4 is 34.7 Å². The lowest BCUT2D eigenvalue weighted by atomic mass is 9.92. The number of halogens is 4. The summed E-state index contributed by atoms with van der Waals surface area (Å²) in [5, 5.41) is 13.2. The summed E-state index contributed by atoms with van der Waals surface area (Å²) in [5.41, 5.74) is 1.94. The Morgan fingerprint density at radius 2 is 2.05 bits per heavy atom. The first kappa shape index (κ1) is 26.6. The molecule has 0 radical (unpaired) electrons. The number of imidazole rings is 1. The molecule has 2 N–H and O–H groups in total. The molecule has 5 heterocycles. The van der Waals surface area contributed by atoms with Crippen LogP contribution in [0.2, 0.25) is 5.02 Å². The van der Waals surface area contributed by atoms with Crippen LogP contribution in [0.4, 0.5) is 18.9 Å². The van der Waals surface area contributed by atoms with Gasteiger partial charge in [-0.3, -0.25) is 14.6 Å². The molecule has 0 saturated carbocycles. The normalized spacial score (nSPS) is 18.8. The molecule has 2 aliphatic rings. The van der Waals surface area contributed by atoms with Gasteiger partial charge in [0.05, 0.1) is 40.5 Å². The molecular weight excluding hydrogens is 563 g/mol. The minimum Gasteiger partial charge on any atom is -0.340 e. The van der Waals surface area contributed by atoms with Crippen LogP contribution in [-0.4, -0.2) is 63.8 Å². The lowest BCUT2D eigenvalue weighted by molar-refractivity contribution is -0.137. The molecular formula is C26H21ClF3N9O2. The number of alkyl halides is 2. The third-order valence-corrected chi connectivity index (χ3v) is 7.46. The maximum absolute atomic E-state index is 15.3. The fourth-order valence-corrected chi connectivity index (χ4v) is 5.47. The maximum Gasteiger partial charge on any atom is 0.322 e. The van der Waals surface area contributed by atoms with Crippen LogP contribution in [0.15, 0.2) is 49.2 Å². The van der Waals surface area contributed by atoms with E-state index in [1.807, 2.05) is 0 Å². The molecule has 15 heteroatoms. The van der Waals surface area contributed by atoms with Crippen LogP contribution in [0.3, 0.4) is 0 Å². The molecule has 6 rings (SSSR count). The van der Waals surface area contributed by atoms with Gasteiger partial charge >= 0.3 is 5.92 Å². The number of benzene rings is 1. The Labute approximate surface area is 235 Å². The standard InChI is InChI=1S/C26H21ClF3N9O2/c1-26(29,30)25(41)35-17-10-31-7-6-15(17)18-11-32-24(34-18)20-4-2-14-8-13(9-21(40)39(14)20)22-19(38-12-33-36-37-38)5-3-16(27)23(22)28/h3,5-7,9-12,14,20H,2,4,8H2,1H3,(H,32,34)(H,35,41)/t14?,20-/m0/s1. The van der Waals surface area contributed by atoms with E-state index in [9.17, 15) is 18.4 Å². The van der Waals surface area contributed by atoms with Crippen molar-refractivity contribution in [1.29, 1.82) is 0 Å². The number of rotatable bonds is 6. The summed E-state index contributed by atoms with van der Waals surface area (Å²) in [4.78, 5) is 38.6. The molecule has 1 saturated heterocycles. The number of nitrogens with one attached hydrogen (secondary N) is 2. The number of tetrazole rings is 1. The topological polar surface area (TPSA) is 135 Å². The monoisotopic (exact) mass is 583 g/mol. The van der Waals surface area contributed by atoms with E-state index in [0.29, 0.717) is 54.5 Å². The average molecular weight is 584 g/mol. The number of nitrogens with zero attached hydrogens (tertiary/aromatic N) is 7. The number of hydrogen-bond donors (Lipinski definition) is 2. The highest BCUT2D eigenvalue weighted by Gasteiger charge is 2.42. The number of carbonyl (C=O) groups is 2. The van der Waals surface area contributed by atoms with Crippen molar-refractivity contribution in [2.75, 3.05) is 5.32 Å². The van der Waals surface area contributed by atoms with E-state index in [1.165, 1.54) is 41.7 Å². The largest absolute Gasteiger partial charge is 0.340 e. The van der Waals surface area contributed by atoms with Crippen LogP contribution in [0.1, 0.15) is 43.6 Å². The van der Waals surface area contributed by atoms with Crippen molar-refractivity contribution in [2.24, 2.45) is 0 Å². The summed E-state index contributed by atoms with van der Waals surface area (Å²) in [6.45, 7) is 0.506. The van der Waals surface area contributed by atoms with Crippen LogP contribution >= 0.6 is 11.6 Å². The summed E-state index contributed by atoms with van der Waals surface area (Å²) in [5.74, 6) is -5.54. The zero-order valence-electron chi connectivity index (χ0n) is 21.4. The van der Waals surface area contributed by atoms with Crippen molar-refractivity contribution in [3.63, 3.8) is 0 Å². The third kappa shape index (κ3) is 4.84. The van der Waals surface area contributed by atoms with Crippen LogP contribution < -0.4 is 5.32 Å². The van der Waals surface area contributed by atoms with Gasteiger partial charge in [0.25, 0.3) is 5.91 Å². The molecule has 1 fully saturated rings. The number of hydrogen-bond acceptors (Lipinski definition) is 7. The number of amides is 2. The quantitative estimate of drug-likeness (QED) is 0.344. The fourth-order valence-electron chi connectivity index (χ4n) is 5.31. The van der Waals surface area contributed by atoms with Gasteiger partial charge in [0, 0.05) is 36.4 Å². The molecule has 0 spiro atoms. The smallest absolute Gasteiger partial charge is 0.322 e. The van der Waals surface area contributed by atoms with Crippen LogP contribution in [-0.2, 0) is 9.59 Å². The highest BCUT2D eigenvalue weighted by molar-refractivity contribution is 6.31. The van der Waals surface area contributed by atoms with E-state index in [4.69, 9.17) is 11.6 Å². The number of aromatic amines is 1. The second-order valence-electron chi connectivity index (χ2n) is 9.82. The van der Waals surface area contributed by atoms with Crippen molar-refractivity contribution in [3.8, 4) is 16.9 Å². The van der Waals surface area contributed by atoms with E-state index >= 15 is 4.39 Å². The Kier molecular flexibility index (Phi) is 6.56. The molecule has 41 heavy (non-hydrogen) atoms. The number of fused-ring (bicyclic) bond motifs is 1. The summed E-state index contributed by atoms with van der Waals surface area (Å²) in [7, 11) is 0. The van der Waals surface area contributed by atoms with Crippen molar-refractivity contribution in [2.45, 2.75) is 44.2 Å². The van der Waals surface area contributed by atoms with Gasteiger partial charge in [0.1, 0.15) is 12.2 Å². The average Bonchev–Trinajstić information content (AvgIpc) is 3.71. The molecule has 4 aromatic rings. The van der Waals surface area contributed by atoms with Crippen LogP contribution in [0.5, 0.6) is 0 Å². The molecule has 2 amide bonds. The maximum atomic E-state index is 15.3. The Hall–Kier alpha value is -4.59. The number of anilines is 1. The second kappa shape index (κ2) is 10.1. The fraction of sp³-hybridized carbons (Fsp3) is 0.269. The first-order chi connectivity index (χ1) is 19.6. The number of carbonyl (C=O) groups excluding carboxylic acids is 2. The molecule has 2 aliphatic heterocycles.